The van der Waals surface area contributed by atoms with Crippen LogP contribution in [0.5, 0.6) is 5.75 Å². The number of hydrogen-bond acceptors (Lipinski definition) is 6. The maximum atomic E-state index is 12.1. The molecule has 0 N–H and O–H groups in total. The number of fused-ring (bicyclic) bond motifs is 1. The molecule has 0 saturated heterocycles. The monoisotopic (exact) mass is 315 g/mol. The van der Waals surface area contributed by atoms with Crippen molar-refractivity contribution in [2.45, 2.75) is 6.42 Å². The quantitative estimate of drug-likeness (QED) is 0.763. The molecule has 0 spiro atoms. The fraction of sp³-hybridized carbons (Fsp3) is 0.188. The first kappa shape index (κ1) is 14.6. The molecule has 6 heteroatoms. The van der Waals surface area contributed by atoms with Gasteiger partial charge in [-0.3, -0.25) is 9.59 Å². The minimum Gasteiger partial charge on any atom is -0.494 e. The van der Waals surface area contributed by atoms with Gasteiger partial charge in [0.1, 0.15) is 5.75 Å². The smallest absolute Gasteiger partial charge is 0.225 e. The molecule has 2 aromatic rings. The summed E-state index contributed by atoms with van der Waals surface area (Å²) in [5.41, 5.74) is 0.246. The number of rotatable bonds is 6. The van der Waals surface area contributed by atoms with E-state index in [2.05, 4.69) is 5.16 Å². The van der Waals surface area contributed by atoms with E-state index in [0.29, 0.717) is 17.3 Å². The number of thioether (sulfide) groups is 1. The maximum Gasteiger partial charge on any atom is 0.225 e. The molecule has 1 aliphatic carbocycles. The Hall–Kier alpha value is -2.34. The molecule has 0 bridgehead atoms. The molecule has 1 heterocycles. The summed E-state index contributed by atoms with van der Waals surface area (Å²) in [6.45, 7) is 0.560. The molecule has 0 fully saturated rings. The maximum absolute atomic E-state index is 12.1. The van der Waals surface area contributed by atoms with Crippen LogP contribution in [-0.2, 0) is 0 Å². The highest BCUT2D eigenvalue weighted by molar-refractivity contribution is 8.04. The van der Waals surface area contributed by atoms with Gasteiger partial charge in [-0.05, 0) is 18.6 Å². The normalized spacial score (nSPS) is 13.7. The van der Waals surface area contributed by atoms with Gasteiger partial charge in [-0.2, -0.15) is 0 Å². The third kappa shape index (κ3) is 3.12. The molecule has 0 atom stereocenters. The van der Waals surface area contributed by atoms with E-state index in [9.17, 15) is 9.59 Å². The number of allylic oxidation sites excluding steroid dienone is 2. The van der Waals surface area contributed by atoms with Gasteiger partial charge in [0.2, 0.25) is 17.3 Å². The molecule has 0 radical (unpaired) electrons. The van der Waals surface area contributed by atoms with Gasteiger partial charge in [0.25, 0.3) is 0 Å². The number of carbonyl (C=O) groups is 2. The Labute approximate surface area is 131 Å². The Kier molecular flexibility index (Phi) is 4.39. The summed E-state index contributed by atoms with van der Waals surface area (Å²) >= 11 is 1.35. The number of hydrogen-bond donors (Lipinski definition) is 0. The van der Waals surface area contributed by atoms with Gasteiger partial charge in [-0.1, -0.05) is 23.4 Å². The van der Waals surface area contributed by atoms with Crippen molar-refractivity contribution in [2.75, 3.05) is 12.4 Å². The Balaban J connectivity index is 1.48. The molecule has 3 rings (SSSR count). The van der Waals surface area contributed by atoms with E-state index < -0.39 is 0 Å². The van der Waals surface area contributed by atoms with Crippen molar-refractivity contribution in [3.63, 3.8) is 0 Å². The van der Waals surface area contributed by atoms with Gasteiger partial charge >= 0.3 is 0 Å². The lowest BCUT2D eigenvalue weighted by Gasteiger charge is -2.10. The first-order chi connectivity index (χ1) is 10.8. The Bertz CT molecular complexity index is 721. The number of para-hydroxylation sites is 1. The number of nitrogens with zero attached hydrogens (tertiary/aromatic N) is 1. The minimum atomic E-state index is -0.310. The summed E-state index contributed by atoms with van der Waals surface area (Å²) in [5.74, 6) is 1.03. The SMILES string of the molecule is O=C1C(SCCCOc2ccccc2)=CC(=O)c2oncc21. The zero-order valence-electron chi connectivity index (χ0n) is 11.7. The van der Waals surface area contributed by atoms with E-state index >= 15 is 0 Å². The number of Topliss-reactive ketones (excluding diaryl/α,β-unsaturated/α-hetero) is 1. The van der Waals surface area contributed by atoms with E-state index in [1.54, 1.807) is 0 Å². The Morgan fingerprint density at radius 1 is 1.18 bits per heavy atom. The van der Waals surface area contributed by atoms with Crippen LogP contribution in [0, 0.1) is 0 Å². The van der Waals surface area contributed by atoms with Crippen molar-refractivity contribution in [1.29, 1.82) is 0 Å². The molecule has 1 aromatic carbocycles. The van der Waals surface area contributed by atoms with Gasteiger partial charge in [0.15, 0.2) is 0 Å². The molecule has 0 aliphatic heterocycles. The minimum absolute atomic E-state index is 0.0294. The van der Waals surface area contributed by atoms with Crippen molar-refractivity contribution in [1.82, 2.24) is 5.16 Å². The molecule has 0 saturated carbocycles. The number of aromatic nitrogens is 1. The second-order valence-electron chi connectivity index (χ2n) is 4.63. The van der Waals surface area contributed by atoms with Crippen LogP contribution in [-0.4, -0.2) is 29.1 Å². The largest absolute Gasteiger partial charge is 0.494 e. The summed E-state index contributed by atoms with van der Waals surface area (Å²) < 4.78 is 10.4. The van der Waals surface area contributed by atoms with Crippen molar-refractivity contribution in [3.05, 3.63) is 58.8 Å². The van der Waals surface area contributed by atoms with Crippen LogP contribution in [0.4, 0.5) is 0 Å². The van der Waals surface area contributed by atoms with Crippen molar-refractivity contribution >= 4 is 23.3 Å². The fourth-order valence-corrected chi connectivity index (χ4v) is 2.93. The topological polar surface area (TPSA) is 69.4 Å². The van der Waals surface area contributed by atoms with Gasteiger partial charge in [0, 0.05) is 11.8 Å². The van der Waals surface area contributed by atoms with Gasteiger partial charge in [-0.15, -0.1) is 11.8 Å². The molecule has 0 unspecified atom stereocenters. The van der Waals surface area contributed by atoms with Gasteiger partial charge in [-0.25, -0.2) is 0 Å². The predicted octanol–water partition coefficient (Wildman–Crippen LogP) is 3.14. The fourth-order valence-electron chi connectivity index (χ4n) is 2.02. The molecular weight excluding hydrogens is 302 g/mol. The van der Waals surface area contributed by atoms with E-state index in [1.165, 1.54) is 24.0 Å². The molecule has 5 nitrogen and oxygen atoms in total. The zero-order chi connectivity index (χ0) is 15.4. The van der Waals surface area contributed by atoms with E-state index in [1.807, 2.05) is 30.3 Å². The van der Waals surface area contributed by atoms with Gasteiger partial charge in [0.05, 0.1) is 23.3 Å². The van der Waals surface area contributed by atoms with Crippen LogP contribution < -0.4 is 4.74 Å². The molecule has 0 amide bonds. The lowest BCUT2D eigenvalue weighted by atomic mass is 10.0. The summed E-state index contributed by atoms with van der Waals surface area (Å²) in [5, 5.41) is 3.50. The Morgan fingerprint density at radius 3 is 2.82 bits per heavy atom. The number of carbonyl (C=O) groups excluding carboxylic acids is 2. The van der Waals surface area contributed by atoms with Crippen LogP contribution >= 0.6 is 11.8 Å². The summed E-state index contributed by atoms with van der Waals surface area (Å²) in [6.07, 6.45) is 3.38. The van der Waals surface area contributed by atoms with Crippen molar-refractivity contribution in [3.8, 4) is 5.75 Å². The summed E-state index contributed by atoms with van der Waals surface area (Å²) in [7, 11) is 0. The second-order valence-corrected chi connectivity index (χ2v) is 5.77. The highest BCUT2D eigenvalue weighted by Crippen LogP contribution is 2.28. The summed E-state index contributed by atoms with van der Waals surface area (Å²) in [4.78, 5) is 24.3. The highest BCUT2D eigenvalue weighted by Gasteiger charge is 2.29. The Morgan fingerprint density at radius 2 is 2.00 bits per heavy atom. The van der Waals surface area contributed by atoms with E-state index in [4.69, 9.17) is 9.26 Å². The lowest BCUT2D eigenvalue weighted by Crippen LogP contribution is -2.13. The third-order valence-corrected chi connectivity index (χ3v) is 4.19. The molecule has 1 aliphatic rings. The first-order valence-corrected chi connectivity index (χ1v) is 7.80. The van der Waals surface area contributed by atoms with Crippen molar-refractivity contribution in [2.24, 2.45) is 0 Å². The molecule has 22 heavy (non-hydrogen) atoms. The standard InChI is InChI=1S/C16H13NO4S/c18-13-9-14(15(19)12-10-17-21-16(12)13)22-8-4-7-20-11-5-2-1-3-6-11/h1-3,5-6,9-10H,4,7-8H2. The van der Waals surface area contributed by atoms with E-state index in [0.717, 1.165) is 12.2 Å². The summed E-state index contributed by atoms with van der Waals surface area (Å²) in [6, 6.07) is 9.55. The molecule has 1 aromatic heterocycles. The number of ketones is 2. The third-order valence-electron chi connectivity index (χ3n) is 3.08. The second kappa shape index (κ2) is 6.62. The van der Waals surface area contributed by atoms with Crippen LogP contribution in [0.3, 0.4) is 0 Å². The molecular formula is C16H13NO4S. The van der Waals surface area contributed by atoms with E-state index in [-0.39, 0.29) is 22.9 Å². The van der Waals surface area contributed by atoms with Crippen LogP contribution in [0.15, 0.2) is 52.0 Å². The first-order valence-electron chi connectivity index (χ1n) is 6.82. The zero-order valence-corrected chi connectivity index (χ0v) is 12.5. The highest BCUT2D eigenvalue weighted by atomic mass is 32.2. The van der Waals surface area contributed by atoms with Crippen LogP contribution in [0.2, 0.25) is 0 Å². The number of ether oxygens (including phenoxy) is 1. The van der Waals surface area contributed by atoms with Crippen LogP contribution in [0.1, 0.15) is 27.3 Å². The average Bonchev–Trinajstić information content (AvgIpc) is 3.03. The number of benzene rings is 1. The molecule has 112 valence electrons. The predicted molar refractivity (Wildman–Crippen MR) is 82.3 cm³/mol. The van der Waals surface area contributed by atoms with Crippen molar-refractivity contribution < 1.29 is 18.8 Å². The lowest BCUT2D eigenvalue weighted by molar-refractivity contribution is 0.0967. The average molecular weight is 315 g/mol. The van der Waals surface area contributed by atoms with Gasteiger partial charge < -0.3 is 9.26 Å². The van der Waals surface area contributed by atoms with Crippen LogP contribution in [0.25, 0.3) is 0 Å².